The number of hydrogen-bond donors (Lipinski definition) is 0. The van der Waals surface area contributed by atoms with E-state index in [1.165, 1.54) is 70.9 Å². The number of allylic oxidation sites excluding steroid dienone is 1. The molecule has 6 aromatic heterocycles. The molecule has 0 unspecified atom stereocenters. The van der Waals surface area contributed by atoms with Crippen molar-refractivity contribution in [3.8, 4) is 44.5 Å². The molecular weight excluding hydrogens is 1180 g/mol. The molecule has 0 saturated carbocycles. The molecule has 97 heavy (non-hydrogen) atoms. The maximum Gasteiger partial charge on any atom is 0.159 e. The van der Waals surface area contributed by atoms with Crippen molar-refractivity contribution in [1.82, 2.24) is 8.80 Å². The van der Waals surface area contributed by atoms with Crippen LogP contribution in [0, 0.1) is 0 Å². The number of fused-ring (bicyclic) bond motifs is 16. The summed E-state index contributed by atoms with van der Waals surface area (Å²) >= 11 is 0. The Labute approximate surface area is 558 Å². The summed E-state index contributed by atoms with van der Waals surface area (Å²) in [7, 11) is 0. The summed E-state index contributed by atoms with van der Waals surface area (Å²) in [6, 6.07) is 111. The smallest absolute Gasteiger partial charge is 0.159 e. The molecule has 0 saturated heterocycles. The summed E-state index contributed by atoms with van der Waals surface area (Å²) in [4.78, 5) is 4.76. The second-order valence-electron chi connectivity index (χ2n) is 25.4. The van der Waals surface area contributed by atoms with Crippen molar-refractivity contribution in [3.05, 3.63) is 327 Å². The highest BCUT2D eigenvalue weighted by atomic mass is 16.3. The Morgan fingerprint density at radius 2 is 0.722 bits per heavy atom. The van der Waals surface area contributed by atoms with Crippen molar-refractivity contribution >= 4 is 155 Å². The Morgan fingerprint density at radius 3 is 1.23 bits per heavy atom. The standard InChI is InChI=1S/C91H58N4O2/c1-3-25-66-70-41-23-45-78(90(70)96-80(66)4-2)92(62-36-19-34-60(52-62)56-26-9-5-10-27-56)64-48-50-76-74(54-64)68-39-21-43-72-84-83(59-32-15-8-16-33-59)89-85(82(58-30-13-7-14-31-58)88(84)94(76)86(68)72)73-44-22-40-69-75-55-65(49-51-77(75)95(89)87(69)73)93(63-37-20-35-61(53-63)57-28-11-6-12-29-57)79-46-24-42-71-67-38-17-18-47-81(67)97-91(71)79/h3-55H,2H2,1H3/b25-3-. The molecule has 14 aromatic carbocycles. The summed E-state index contributed by atoms with van der Waals surface area (Å²) in [5.41, 5.74) is 25.8. The van der Waals surface area contributed by atoms with Crippen LogP contribution < -0.4 is 9.80 Å². The number of para-hydroxylation sites is 5. The van der Waals surface area contributed by atoms with Crippen LogP contribution in [0.2, 0.25) is 0 Å². The van der Waals surface area contributed by atoms with E-state index in [0.717, 1.165) is 128 Å². The summed E-state index contributed by atoms with van der Waals surface area (Å²) in [6.45, 7) is 6.24. The first-order chi connectivity index (χ1) is 48.1. The number of hydrogen-bond acceptors (Lipinski definition) is 4. The molecule has 0 aliphatic rings. The zero-order valence-corrected chi connectivity index (χ0v) is 52.9. The van der Waals surface area contributed by atoms with Gasteiger partial charge in [0.15, 0.2) is 11.2 Å². The van der Waals surface area contributed by atoms with Crippen LogP contribution in [-0.2, 0) is 0 Å². The van der Waals surface area contributed by atoms with Gasteiger partial charge < -0.3 is 27.4 Å². The average Bonchev–Trinajstić information content (AvgIpc) is 1.50. The van der Waals surface area contributed by atoms with Crippen LogP contribution in [0.25, 0.3) is 166 Å². The first-order valence-electron chi connectivity index (χ1n) is 33.2. The van der Waals surface area contributed by atoms with Gasteiger partial charge in [0.1, 0.15) is 11.3 Å². The normalized spacial score (nSPS) is 12.2. The van der Waals surface area contributed by atoms with Crippen LogP contribution in [-0.4, -0.2) is 8.80 Å². The minimum absolute atomic E-state index is 0.740. The highest BCUT2D eigenvalue weighted by Crippen LogP contribution is 2.56. The van der Waals surface area contributed by atoms with Crippen LogP contribution in [0.5, 0.6) is 0 Å². The molecule has 6 heteroatoms. The van der Waals surface area contributed by atoms with E-state index in [1.54, 1.807) is 0 Å². The molecule has 0 fully saturated rings. The Morgan fingerprint density at radius 1 is 0.320 bits per heavy atom. The minimum Gasteiger partial charge on any atom is -0.454 e. The summed E-state index contributed by atoms with van der Waals surface area (Å²) in [5, 5.41) is 12.7. The first kappa shape index (κ1) is 54.6. The predicted octanol–water partition coefficient (Wildman–Crippen LogP) is 25.9. The molecule has 0 amide bonds. The Hall–Kier alpha value is -12.9. The van der Waals surface area contributed by atoms with Crippen LogP contribution in [0.4, 0.5) is 34.1 Å². The third-order valence-electron chi connectivity index (χ3n) is 20.2. The average molecular weight is 1240 g/mol. The third kappa shape index (κ3) is 8.02. The molecule has 0 N–H and O–H groups in total. The van der Waals surface area contributed by atoms with Crippen molar-refractivity contribution in [2.24, 2.45) is 0 Å². The van der Waals surface area contributed by atoms with E-state index in [1.807, 2.05) is 19.1 Å². The van der Waals surface area contributed by atoms with Gasteiger partial charge in [0.25, 0.3) is 0 Å². The largest absolute Gasteiger partial charge is 0.454 e. The fraction of sp³-hybridized carbons (Fsp3) is 0.0110. The Bertz CT molecular complexity index is 6590. The number of rotatable bonds is 12. The van der Waals surface area contributed by atoms with Crippen LogP contribution >= 0.6 is 0 Å². The van der Waals surface area contributed by atoms with Gasteiger partial charge in [0.05, 0.1) is 44.5 Å². The molecule has 20 aromatic rings. The SMILES string of the molecule is C=Cc1oc2c(N(c3cccc(-c4ccccc4)c3)c3ccc4c(c3)c3cccc5c6c(-c7ccccc7)c7c(c(-c8ccccc8)c6n4c35)c3cccc4c5cc(N(c6cccc(-c8ccccc8)c6)c6cccc8c6oc6ccccc68)ccc5n7c43)cccc2c1/C=C\C. The van der Waals surface area contributed by atoms with Crippen molar-refractivity contribution in [1.29, 1.82) is 0 Å². The van der Waals surface area contributed by atoms with Gasteiger partial charge >= 0.3 is 0 Å². The maximum absolute atomic E-state index is 6.88. The van der Waals surface area contributed by atoms with Crippen molar-refractivity contribution in [2.45, 2.75) is 6.92 Å². The number of aromatic nitrogens is 2. The lowest BCUT2D eigenvalue weighted by atomic mass is 9.89. The molecule has 0 radical (unpaired) electrons. The lowest BCUT2D eigenvalue weighted by Crippen LogP contribution is -2.10. The number of anilines is 6. The first-order valence-corrected chi connectivity index (χ1v) is 33.2. The third-order valence-corrected chi connectivity index (χ3v) is 20.2. The monoisotopic (exact) mass is 1240 g/mol. The summed E-state index contributed by atoms with van der Waals surface area (Å²) < 4.78 is 19.0. The molecule has 454 valence electrons. The van der Waals surface area contributed by atoms with Crippen molar-refractivity contribution in [3.63, 3.8) is 0 Å². The number of benzene rings is 14. The van der Waals surface area contributed by atoms with Gasteiger partial charge in [0.2, 0.25) is 0 Å². The zero-order chi connectivity index (χ0) is 64.0. The molecule has 0 spiro atoms. The van der Waals surface area contributed by atoms with Crippen molar-refractivity contribution in [2.75, 3.05) is 9.80 Å². The van der Waals surface area contributed by atoms with E-state index in [0.29, 0.717) is 0 Å². The van der Waals surface area contributed by atoms with E-state index in [4.69, 9.17) is 8.83 Å². The van der Waals surface area contributed by atoms with E-state index >= 15 is 0 Å². The summed E-state index contributed by atoms with van der Waals surface area (Å²) in [6.07, 6.45) is 6.00. The highest BCUT2D eigenvalue weighted by molar-refractivity contribution is 6.38. The maximum atomic E-state index is 6.88. The number of nitrogens with zero attached hydrogens (tertiary/aromatic N) is 4. The molecule has 0 atom stereocenters. The topological polar surface area (TPSA) is 41.6 Å². The van der Waals surface area contributed by atoms with Gasteiger partial charge in [-0.05, 0) is 125 Å². The fourth-order valence-corrected chi connectivity index (χ4v) is 16.2. The zero-order valence-electron chi connectivity index (χ0n) is 52.9. The van der Waals surface area contributed by atoms with Crippen LogP contribution in [0.15, 0.2) is 325 Å². The van der Waals surface area contributed by atoms with Gasteiger partial charge in [-0.25, -0.2) is 0 Å². The van der Waals surface area contributed by atoms with Crippen LogP contribution in [0.1, 0.15) is 18.2 Å². The Kier molecular flexibility index (Phi) is 12.0. The molecule has 0 aliphatic carbocycles. The molecule has 6 heterocycles. The van der Waals surface area contributed by atoms with Crippen LogP contribution in [0.3, 0.4) is 0 Å². The Balaban J connectivity index is 0.862. The van der Waals surface area contributed by atoms with E-state index < -0.39 is 0 Å². The van der Waals surface area contributed by atoms with Crippen molar-refractivity contribution < 1.29 is 8.83 Å². The highest BCUT2D eigenvalue weighted by Gasteiger charge is 2.32. The molecule has 0 bridgehead atoms. The lowest BCUT2D eigenvalue weighted by Gasteiger charge is -2.26. The van der Waals surface area contributed by atoms with Gasteiger partial charge in [-0.15, -0.1) is 0 Å². The molecule has 6 nitrogen and oxygen atoms in total. The van der Waals surface area contributed by atoms with Gasteiger partial charge in [-0.3, -0.25) is 0 Å². The molecule has 20 rings (SSSR count). The van der Waals surface area contributed by atoms with E-state index in [9.17, 15) is 0 Å². The number of furan rings is 2. The van der Waals surface area contributed by atoms with Gasteiger partial charge in [-0.1, -0.05) is 243 Å². The lowest BCUT2D eigenvalue weighted by molar-refractivity contribution is 0.604. The van der Waals surface area contributed by atoms with Gasteiger partial charge in [-0.2, -0.15) is 0 Å². The summed E-state index contributed by atoms with van der Waals surface area (Å²) in [5.74, 6) is 0.740. The fourth-order valence-electron chi connectivity index (χ4n) is 16.2. The van der Waals surface area contributed by atoms with E-state index in [-0.39, 0.29) is 0 Å². The van der Waals surface area contributed by atoms with Gasteiger partial charge in [0, 0.05) is 98.7 Å². The molecule has 0 aliphatic heterocycles. The second kappa shape index (κ2) is 21.3. The van der Waals surface area contributed by atoms with E-state index in [2.05, 4.69) is 335 Å². The minimum atomic E-state index is 0.740. The second-order valence-corrected chi connectivity index (χ2v) is 25.4. The predicted molar refractivity (Wildman–Crippen MR) is 409 cm³/mol. The quantitative estimate of drug-likeness (QED) is 0.122. The molecular formula is C91H58N4O2.